The van der Waals surface area contributed by atoms with Gasteiger partial charge in [-0.15, -0.1) is 0 Å². The van der Waals surface area contributed by atoms with Gasteiger partial charge in [0.25, 0.3) is 0 Å². The number of anilines is 1. The number of nitrogens with one attached hydrogen (secondary N) is 3. The second-order valence-corrected chi connectivity index (χ2v) is 11.2. The predicted octanol–water partition coefficient (Wildman–Crippen LogP) is 3.63. The van der Waals surface area contributed by atoms with Crippen molar-refractivity contribution in [2.24, 2.45) is 0 Å². The number of H-pyrrole nitrogens is 1. The molecule has 2 aromatic heterocycles. The second kappa shape index (κ2) is 10.8. The summed E-state index contributed by atoms with van der Waals surface area (Å²) in [5, 5.41) is 14.3. The maximum atomic E-state index is 13.9. The highest BCUT2D eigenvalue weighted by molar-refractivity contribution is 5.93. The Balaban J connectivity index is 1.06. The lowest BCUT2D eigenvalue weighted by Gasteiger charge is -2.40. The number of para-hydroxylation sites is 1. The van der Waals surface area contributed by atoms with Crippen molar-refractivity contribution in [2.45, 2.75) is 51.0 Å². The minimum absolute atomic E-state index is 0.0435. The molecule has 0 saturated carbocycles. The zero-order valence-electron chi connectivity index (χ0n) is 23.1. The van der Waals surface area contributed by atoms with Crippen molar-refractivity contribution >= 4 is 34.6 Å². The van der Waals surface area contributed by atoms with E-state index in [9.17, 15) is 14.4 Å². The number of rotatable bonds is 4. The van der Waals surface area contributed by atoms with Gasteiger partial charge in [0.1, 0.15) is 6.04 Å². The Labute approximate surface area is 242 Å². The van der Waals surface area contributed by atoms with Gasteiger partial charge < -0.3 is 25.3 Å². The standard InChI is InChI=1S/C31H32N8O3/c40-29-28(15-21-5-6-27-24(16-33-36-27)25(21)19-38(29)17-20-7-11-32-12-8-20)35-30(41)37-13-9-23(10-14-37)39-18-22-3-1-2-4-26(22)34-31(39)42/h1-8,11-12,16,23,28H,9-10,13-15,17-19H2,(H,33,36)(H,34,42)(H,35,41). The van der Waals surface area contributed by atoms with Gasteiger partial charge in [-0.05, 0) is 59.4 Å². The quantitative estimate of drug-likeness (QED) is 0.349. The van der Waals surface area contributed by atoms with Gasteiger partial charge >= 0.3 is 12.1 Å². The first-order valence-electron chi connectivity index (χ1n) is 14.4. The van der Waals surface area contributed by atoms with E-state index in [4.69, 9.17) is 0 Å². The molecule has 7 rings (SSSR count). The van der Waals surface area contributed by atoms with E-state index in [1.165, 1.54) is 0 Å². The maximum absolute atomic E-state index is 13.9. The first-order valence-corrected chi connectivity index (χ1v) is 14.4. The SMILES string of the molecule is O=C(NC1Cc2ccc3[nH]ncc3c2CN(Cc2ccncc2)C1=O)N1CCC(N2Cc3ccccc3NC2=O)CC1. The van der Waals surface area contributed by atoms with E-state index in [1.807, 2.05) is 53.4 Å². The molecule has 0 spiro atoms. The van der Waals surface area contributed by atoms with Crippen LogP contribution in [0.2, 0.25) is 0 Å². The fourth-order valence-corrected chi connectivity index (χ4v) is 6.39. The van der Waals surface area contributed by atoms with Crippen LogP contribution in [0, 0.1) is 0 Å². The first kappa shape index (κ1) is 26.0. The number of nitrogens with zero attached hydrogens (tertiary/aromatic N) is 5. The Bertz CT molecular complexity index is 1650. The number of piperidine rings is 1. The van der Waals surface area contributed by atoms with Gasteiger partial charge in [-0.2, -0.15) is 5.10 Å². The lowest BCUT2D eigenvalue weighted by atomic mass is 9.98. The summed E-state index contributed by atoms with van der Waals surface area (Å²) in [5.74, 6) is -0.119. The molecule has 5 amide bonds. The minimum Gasteiger partial charge on any atom is -0.332 e. The van der Waals surface area contributed by atoms with Crippen LogP contribution in [0.25, 0.3) is 10.9 Å². The molecule has 1 atom stereocenters. The van der Waals surface area contributed by atoms with Crippen LogP contribution in [0.5, 0.6) is 0 Å². The fourth-order valence-electron chi connectivity index (χ4n) is 6.39. The van der Waals surface area contributed by atoms with Gasteiger partial charge in [0.2, 0.25) is 5.91 Å². The van der Waals surface area contributed by atoms with Crippen LogP contribution in [-0.2, 0) is 30.8 Å². The van der Waals surface area contributed by atoms with Crippen molar-refractivity contribution < 1.29 is 14.4 Å². The average Bonchev–Trinajstić information content (AvgIpc) is 3.46. The number of hydrogen-bond acceptors (Lipinski definition) is 5. The number of carbonyl (C=O) groups excluding carboxylic acids is 3. The molecular weight excluding hydrogens is 532 g/mol. The third-order valence-electron chi connectivity index (χ3n) is 8.69. The number of fused-ring (bicyclic) bond motifs is 4. The molecule has 0 radical (unpaired) electrons. The molecule has 0 aliphatic carbocycles. The molecule has 214 valence electrons. The Kier molecular flexibility index (Phi) is 6.69. The van der Waals surface area contributed by atoms with Crippen molar-refractivity contribution in [2.75, 3.05) is 18.4 Å². The molecule has 5 heterocycles. The number of aromatic nitrogens is 3. The maximum Gasteiger partial charge on any atom is 0.322 e. The summed E-state index contributed by atoms with van der Waals surface area (Å²) < 4.78 is 0. The summed E-state index contributed by atoms with van der Waals surface area (Å²) >= 11 is 0. The van der Waals surface area contributed by atoms with E-state index in [0.717, 1.165) is 38.8 Å². The molecule has 1 unspecified atom stereocenters. The van der Waals surface area contributed by atoms with Gasteiger partial charge in [-0.25, -0.2) is 9.59 Å². The number of amides is 5. The summed E-state index contributed by atoms with van der Waals surface area (Å²) in [6, 6.07) is 14.6. The van der Waals surface area contributed by atoms with Crippen molar-refractivity contribution in [3.8, 4) is 0 Å². The monoisotopic (exact) mass is 564 g/mol. The summed E-state index contributed by atoms with van der Waals surface area (Å²) in [4.78, 5) is 49.8. The molecule has 3 aliphatic heterocycles. The normalized spacial score (nSPS) is 19.2. The van der Waals surface area contributed by atoms with Crippen LogP contribution < -0.4 is 10.6 Å². The Morgan fingerprint density at radius 1 is 0.976 bits per heavy atom. The number of likely N-dealkylation sites (tertiary alicyclic amines) is 1. The molecular formula is C31H32N8O3. The molecule has 11 heteroatoms. The van der Waals surface area contributed by atoms with Crippen LogP contribution in [0.15, 0.2) is 67.1 Å². The summed E-state index contributed by atoms with van der Waals surface area (Å²) in [6.45, 7) is 2.41. The topological polar surface area (TPSA) is 127 Å². The molecule has 3 N–H and O–H groups in total. The number of urea groups is 2. The van der Waals surface area contributed by atoms with Crippen LogP contribution >= 0.6 is 0 Å². The number of carbonyl (C=O) groups is 3. The zero-order chi connectivity index (χ0) is 28.6. The average molecular weight is 565 g/mol. The van der Waals surface area contributed by atoms with Crippen LogP contribution in [0.3, 0.4) is 0 Å². The summed E-state index contributed by atoms with van der Waals surface area (Å²) in [6.07, 6.45) is 6.99. The van der Waals surface area contributed by atoms with Crippen molar-refractivity contribution in [1.29, 1.82) is 0 Å². The molecule has 1 fully saturated rings. The lowest BCUT2D eigenvalue weighted by molar-refractivity contribution is -0.134. The summed E-state index contributed by atoms with van der Waals surface area (Å²) in [7, 11) is 0. The highest BCUT2D eigenvalue weighted by Crippen LogP contribution is 2.29. The lowest BCUT2D eigenvalue weighted by Crippen LogP contribution is -2.55. The Hall–Kier alpha value is -4.93. The van der Waals surface area contributed by atoms with Gasteiger partial charge in [-0.3, -0.25) is 14.9 Å². The van der Waals surface area contributed by atoms with E-state index in [-0.39, 0.29) is 24.0 Å². The third-order valence-corrected chi connectivity index (χ3v) is 8.69. The fraction of sp³-hybridized carbons (Fsp3) is 0.323. The van der Waals surface area contributed by atoms with Gasteiger partial charge in [0.15, 0.2) is 0 Å². The molecule has 1 saturated heterocycles. The van der Waals surface area contributed by atoms with Crippen LogP contribution in [-0.4, -0.2) is 73.0 Å². The molecule has 42 heavy (non-hydrogen) atoms. The van der Waals surface area contributed by atoms with E-state index in [2.05, 4.69) is 25.8 Å². The molecule has 2 aromatic carbocycles. The number of benzene rings is 2. The second-order valence-electron chi connectivity index (χ2n) is 11.2. The third kappa shape index (κ3) is 4.91. The van der Waals surface area contributed by atoms with Crippen LogP contribution in [0.1, 0.15) is 35.1 Å². The molecule has 3 aliphatic rings. The van der Waals surface area contributed by atoms with Gasteiger partial charge in [0.05, 0.1) is 11.7 Å². The highest BCUT2D eigenvalue weighted by Gasteiger charge is 2.36. The van der Waals surface area contributed by atoms with E-state index in [1.54, 1.807) is 28.4 Å². The number of hydrogen-bond donors (Lipinski definition) is 3. The van der Waals surface area contributed by atoms with Crippen molar-refractivity contribution in [1.82, 2.24) is 35.2 Å². The van der Waals surface area contributed by atoms with Crippen molar-refractivity contribution in [3.63, 3.8) is 0 Å². The summed E-state index contributed by atoms with van der Waals surface area (Å²) in [5.41, 5.74) is 5.90. The Morgan fingerprint density at radius 3 is 2.62 bits per heavy atom. The number of aromatic amines is 1. The Morgan fingerprint density at radius 2 is 1.79 bits per heavy atom. The number of pyridine rings is 1. The predicted molar refractivity (Wildman–Crippen MR) is 156 cm³/mol. The van der Waals surface area contributed by atoms with Gasteiger partial charge in [0, 0.05) is 68.7 Å². The zero-order valence-corrected chi connectivity index (χ0v) is 23.1. The van der Waals surface area contributed by atoms with Crippen molar-refractivity contribution in [3.05, 3.63) is 89.4 Å². The van der Waals surface area contributed by atoms with E-state index < -0.39 is 6.04 Å². The van der Waals surface area contributed by atoms with Crippen LogP contribution in [0.4, 0.5) is 15.3 Å². The molecule has 0 bridgehead atoms. The van der Waals surface area contributed by atoms with Gasteiger partial charge in [-0.1, -0.05) is 24.3 Å². The minimum atomic E-state index is -0.702. The largest absolute Gasteiger partial charge is 0.332 e. The molecule has 4 aromatic rings. The molecule has 11 nitrogen and oxygen atoms in total. The smallest absolute Gasteiger partial charge is 0.322 e. The highest BCUT2D eigenvalue weighted by atomic mass is 16.2. The first-order chi connectivity index (χ1) is 20.5. The van der Waals surface area contributed by atoms with E-state index in [0.29, 0.717) is 52.0 Å². The van der Waals surface area contributed by atoms with E-state index >= 15 is 0 Å².